The molecule has 0 radical (unpaired) electrons. The normalized spacial score (nSPS) is 25.8. The molecule has 0 aliphatic heterocycles. The molecule has 1 saturated carbocycles. The fraction of sp³-hybridized carbons (Fsp3) is 0.733. The van der Waals surface area contributed by atoms with E-state index in [4.69, 9.17) is 5.73 Å². The van der Waals surface area contributed by atoms with E-state index in [9.17, 15) is 0 Å². The first kappa shape index (κ1) is 13.1. The number of nitrogens with two attached hydrogens (primary N) is 1. The zero-order chi connectivity index (χ0) is 12.6. The number of thiophene rings is 1. The summed E-state index contributed by atoms with van der Waals surface area (Å²) < 4.78 is 0. The molecule has 1 aromatic heterocycles. The van der Waals surface area contributed by atoms with Crippen LogP contribution in [0.15, 0.2) is 6.07 Å². The second-order valence-corrected chi connectivity index (χ2v) is 7.56. The maximum atomic E-state index is 6.57. The summed E-state index contributed by atoms with van der Waals surface area (Å²) in [5.41, 5.74) is 8.36. The van der Waals surface area contributed by atoms with Crippen LogP contribution in [0, 0.1) is 25.2 Å². The van der Waals surface area contributed by atoms with E-state index in [0.29, 0.717) is 11.3 Å². The van der Waals surface area contributed by atoms with Crippen molar-refractivity contribution in [2.45, 2.75) is 59.4 Å². The van der Waals surface area contributed by atoms with Gasteiger partial charge in [0.05, 0.1) is 0 Å². The van der Waals surface area contributed by atoms with Crippen LogP contribution < -0.4 is 5.73 Å². The van der Waals surface area contributed by atoms with E-state index in [1.54, 1.807) is 0 Å². The first-order valence-electron chi connectivity index (χ1n) is 6.74. The Labute approximate surface area is 109 Å². The van der Waals surface area contributed by atoms with Gasteiger partial charge in [0.25, 0.3) is 0 Å². The maximum Gasteiger partial charge on any atom is 0.0426 e. The van der Waals surface area contributed by atoms with Gasteiger partial charge in [0.2, 0.25) is 0 Å². The molecule has 0 spiro atoms. The molecule has 1 aromatic rings. The Morgan fingerprint density at radius 3 is 2.59 bits per heavy atom. The Bertz CT molecular complexity index is 392. The summed E-state index contributed by atoms with van der Waals surface area (Å²) in [6.45, 7) is 9.17. The van der Waals surface area contributed by atoms with Crippen LogP contribution in [0.1, 0.15) is 60.9 Å². The van der Waals surface area contributed by atoms with Crippen molar-refractivity contribution in [3.63, 3.8) is 0 Å². The van der Waals surface area contributed by atoms with Gasteiger partial charge in [-0.1, -0.05) is 26.7 Å². The van der Waals surface area contributed by atoms with E-state index < -0.39 is 0 Å². The van der Waals surface area contributed by atoms with Crippen molar-refractivity contribution in [1.82, 2.24) is 0 Å². The predicted octanol–water partition coefficient (Wildman–Crippen LogP) is 4.58. The fourth-order valence-corrected chi connectivity index (χ4v) is 4.46. The van der Waals surface area contributed by atoms with E-state index in [1.807, 2.05) is 11.3 Å². The molecule has 0 bridgehead atoms. The molecular formula is C15H25NS. The third-order valence-corrected chi connectivity index (χ3v) is 5.66. The molecule has 1 heterocycles. The van der Waals surface area contributed by atoms with Crippen molar-refractivity contribution >= 4 is 11.3 Å². The summed E-state index contributed by atoms with van der Waals surface area (Å²) >= 11 is 1.89. The van der Waals surface area contributed by atoms with E-state index in [2.05, 4.69) is 33.8 Å². The largest absolute Gasteiger partial charge is 0.323 e. The summed E-state index contributed by atoms with van der Waals surface area (Å²) in [7, 11) is 0. The van der Waals surface area contributed by atoms with Gasteiger partial charge in [-0.25, -0.2) is 0 Å². The monoisotopic (exact) mass is 251 g/mol. The first-order chi connectivity index (χ1) is 7.92. The number of aryl methyl sites for hydroxylation is 2. The van der Waals surface area contributed by atoms with Crippen LogP contribution in [0.4, 0.5) is 0 Å². The second-order valence-electron chi connectivity index (χ2n) is 6.27. The minimum Gasteiger partial charge on any atom is -0.323 e. The molecule has 0 saturated heterocycles. The molecule has 2 N–H and O–H groups in total. The average molecular weight is 251 g/mol. The molecule has 0 aromatic carbocycles. The van der Waals surface area contributed by atoms with Gasteiger partial charge in [0.1, 0.15) is 0 Å². The zero-order valence-corrected chi connectivity index (χ0v) is 12.4. The molecular weight excluding hydrogens is 226 g/mol. The topological polar surface area (TPSA) is 26.0 Å². The van der Waals surface area contributed by atoms with Crippen LogP contribution in [-0.4, -0.2) is 0 Å². The van der Waals surface area contributed by atoms with Gasteiger partial charge >= 0.3 is 0 Å². The highest BCUT2D eigenvalue weighted by molar-refractivity contribution is 7.12. The predicted molar refractivity (Wildman–Crippen MR) is 76.5 cm³/mol. The van der Waals surface area contributed by atoms with Crippen molar-refractivity contribution < 1.29 is 0 Å². The van der Waals surface area contributed by atoms with Gasteiger partial charge < -0.3 is 5.73 Å². The van der Waals surface area contributed by atoms with Gasteiger partial charge in [-0.05, 0) is 49.7 Å². The maximum absolute atomic E-state index is 6.57. The van der Waals surface area contributed by atoms with Crippen molar-refractivity contribution in [2.24, 2.45) is 17.1 Å². The van der Waals surface area contributed by atoms with Gasteiger partial charge in [-0.3, -0.25) is 0 Å². The lowest BCUT2D eigenvalue weighted by atomic mass is 9.65. The average Bonchev–Trinajstić information content (AvgIpc) is 2.56. The Kier molecular flexibility index (Phi) is 3.65. The Hall–Kier alpha value is -0.340. The van der Waals surface area contributed by atoms with E-state index >= 15 is 0 Å². The first-order valence-corrected chi connectivity index (χ1v) is 7.56. The molecule has 2 atom stereocenters. The Morgan fingerprint density at radius 2 is 2.06 bits per heavy atom. The quantitative estimate of drug-likeness (QED) is 0.818. The standard InChI is InChI=1S/C15H25NS/c1-10-9-11(2)17-14(10)13(16)12-7-5-6-8-15(12,3)4/h9,12-13H,5-8,16H2,1-4H3. The van der Waals surface area contributed by atoms with Crippen LogP contribution in [0.2, 0.25) is 0 Å². The minimum atomic E-state index is 0.240. The van der Waals surface area contributed by atoms with Gasteiger partial charge in [0.15, 0.2) is 0 Å². The molecule has 0 amide bonds. The number of hydrogen-bond donors (Lipinski definition) is 1. The van der Waals surface area contributed by atoms with Gasteiger partial charge in [-0.15, -0.1) is 11.3 Å². The number of hydrogen-bond acceptors (Lipinski definition) is 2. The lowest BCUT2D eigenvalue weighted by Gasteiger charge is -2.42. The van der Waals surface area contributed by atoms with Crippen LogP contribution in [0.25, 0.3) is 0 Å². The SMILES string of the molecule is Cc1cc(C)c(C(N)C2CCCCC2(C)C)s1. The lowest BCUT2D eigenvalue weighted by molar-refractivity contribution is 0.113. The van der Waals surface area contributed by atoms with Gasteiger partial charge in [-0.2, -0.15) is 0 Å². The van der Waals surface area contributed by atoms with Crippen LogP contribution >= 0.6 is 11.3 Å². The zero-order valence-electron chi connectivity index (χ0n) is 11.5. The Balaban J connectivity index is 2.24. The van der Waals surface area contributed by atoms with Gasteiger partial charge in [0, 0.05) is 15.8 Å². The molecule has 1 aliphatic carbocycles. The second kappa shape index (κ2) is 4.74. The summed E-state index contributed by atoms with van der Waals surface area (Å²) in [5, 5.41) is 0. The van der Waals surface area contributed by atoms with Crippen molar-refractivity contribution in [3.8, 4) is 0 Å². The summed E-state index contributed by atoms with van der Waals surface area (Å²) in [6, 6.07) is 2.51. The molecule has 2 rings (SSSR count). The van der Waals surface area contributed by atoms with E-state index in [1.165, 1.54) is 41.0 Å². The van der Waals surface area contributed by atoms with E-state index in [-0.39, 0.29) is 6.04 Å². The third kappa shape index (κ3) is 2.58. The van der Waals surface area contributed by atoms with Crippen LogP contribution in [0.5, 0.6) is 0 Å². The lowest BCUT2D eigenvalue weighted by Crippen LogP contribution is -2.36. The minimum absolute atomic E-state index is 0.240. The van der Waals surface area contributed by atoms with Crippen molar-refractivity contribution in [2.75, 3.05) is 0 Å². The summed E-state index contributed by atoms with van der Waals surface area (Å²) in [6.07, 6.45) is 5.35. The molecule has 2 heteroatoms. The third-order valence-electron chi connectivity index (χ3n) is 4.41. The highest BCUT2D eigenvalue weighted by atomic mass is 32.1. The van der Waals surface area contributed by atoms with Crippen molar-refractivity contribution in [3.05, 3.63) is 21.4 Å². The number of rotatable bonds is 2. The van der Waals surface area contributed by atoms with Crippen LogP contribution in [-0.2, 0) is 0 Å². The highest BCUT2D eigenvalue weighted by Gasteiger charge is 2.37. The molecule has 17 heavy (non-hydrogen) atoms. The smallest absolute Gasteiger partial charge is 0.0426 e. The summed E-state index contributed by atoms with van der Waals surface area (Å²) in [4.78, 5) is 2.81. The van der Waals surface area contributed by atoms with E-state index in [0.717, 1.165) is 0 Å². The molecule has 96 valence electrons. The molecule has 1 fully saturated rings. The summed E-state index contributed by atoms with van der Waals surface area (Å²) in [5.74, 6) is 0.646. The fourth-order valence-electron chi connectivity index (χ4n) is 3.36. The van der Waals surface area contributed by atoms with Crippen LogP contribution in [0.3, 0.4) is 0 Å². The Morgan fingerprint density at radius 1 is 1.35 bits per heavy atom. The highest BCUT2D eigenvalue weighted by Crippen LogP contribution is 2.47. The molecule has 2 unspecified atom stereocenters. The molecule has 1 aliphatic rings. The van der Waals surface area contributed by atoms with Crippen molar-refractivity contribution in [1.29, 1.82) is 0 Å². The molecule has 1 nitrogen and oxygen atoms in total.